The van der Waals surface area contributed by atoms with Gasteiger partial charge >= 0.3 is 0 Å². The molecule has 0 amide bonds. The van der Waals surface area contributed by atoms with Crippen molar-refractivity contribution in [3.63, 3.8) is 0 Å². The van der Waals surface area contributed by atoms with E-state index in [1.807, 2.05) is 0 Å². The summed E-state index contributed by atoms with van der Waals surface area (Å²) >= 11 is 0. The molecule has 1 aliphatic heterocycles. The summed E-state index contributed by atoms with van der Waals surface area (Å²) in [6.45, 7) is 8.63. The Morgan fingerprint density at radius 1 is 1.08 bits per heavy atom. The minimum Gasteiger partial charge on any atom is -0.297 e. The Morgan fingerprint density at radius 3 is 2.08 bits per heavy atom. The molecule has 0 aromatic heterocycles. The van der Waals surface area contributed by atoms with Crippen LogP contribution in [0.15, 0.2) is 12.7 Å². The van der Waals surface area contributed by atoms with E-state index in [2.05, 4.69) is 24.5 Å². The fourth-order valence-electron chi connectivity index (χ4n) is 1.83. The van der Waals surface area contributed by atoms with E-state index in [0.717, 1.165) is 0 Å². The van der Waals surface area contributed by atoms with Crippen LogP contribution in [0.1, 0.15) is 39.0 Å². The van der Waals surface area contributed by atoms with Crippen LogP contribution in [0.5, 0.6) is 0 Å². The van der Waals surface area contributed by atoms with Crippen LogP contribution >= 0.6 is 0 Å². The highest BCUT2D eigenvalue weighted by Crippen LogP contribution is 2.12. The Bertz CT molecular complexity index is 123. The second-order valence-corrected chi connectivity index (χ2v) is 3.78. The molecular formula is C11H21N. The highest BCUT2D eigenvalue weighted by molar-refractivity contribution is 4.84. The smallest absolute Gasteiger partial charge is 0.0247 e. The predicted octanol–water partition coefficient (Wildman–Crippen LogP) is 2.83. The van der Waals surface area contributed by atoms with Crippen LogP contribution in [0.2, 0.25) is 0 Å². The van der Waals surface area contributed by atoms with Gasteiger partial charge in [0.2, 0.25) is 0 Å². The molecule has 0 N–H and O–H groups in total. The van der Waals surface area contributed by atoms with Crippen molar-refractivity contribution in [2.75, 3.05) is 13.1 Å². The van der Waals surface area contributed by atoms with E-state index < -0.39 is 0 Å². The fraction of sp³-hybridized carbons (Fsp3) is 0.818. The van der Waals surface area contributed by atoms with E-state index in [1.54, 1.807) is 0 Å². The molecule has 0 radical (unpaired) electrons. The molecule has 1 rings (SSSR count). The minimum atomic E-state index is 0.572. The molecule has 1 heterocycles. The Hall–Kier alpha value is -0.300. The lowest BCUT2D eigenvalue weighted by atomic mass is 10.1. The van der Waals surface area contributed by atoms with Crippen molar-refractivity contribution in [2.45, 2.75) is 45.1 Å². The third-order valence-electron chi connectivity index (χ3n) is 2.81. The van der Waals surface area contributed by atoms with Crippen LogP contribution in [0.25, 0.3) is 0 Å². The zero-order chi connectivity index (χ0) is 8.81. The molecule has 1 saturated heterocycles. The SMILES string of the molecule is C=CC(C)N1CCCCCCC1. The zero-order valence-corrected chi connectivity index (χ0v) is 8.26. The van der Waals surface area contributed by atoms with Gasteiger partial charge in [0.1, 0.15) is 0 Å². The van der Waals surface area contributed by atoms with Crippen molar-refractivity contribution in [3.05, 3.63) is 12.7 Å². The van der Waals surface area contributed by atoms with E-state index in [1.165, 1.54) is 45.2 Å². The first-order valence-corrected chi connectivity index (χ1v) is 5.21. The second kappa shape index (κ2) is 5.36. The lowest BCUT2D eigenvalue weighted by Crippen LogP contribution is -2.34. The molecule has 0 bridgehead atoms. The van der Waals surface area contributed by atoms with Gasteiger partial charge in [-0.1, -0.05) is 25.3 Å². The average Bonchev–Trinajstić information content (AvgIpc) is 2.02. The van der Waals surface area contributed by atoms with Gasteiger partial charge in [-0.15, -0.1) is 6.58 Å². The molecule has 1 heteroatoms. The lowest BCUT2D eigenvalue weighted by Gasteiger charge is -2.28. The lowest BCUT2D eigenvalue weighted by molar-refractivity contribution is 0.219. The van der Waals surface area contributed by atoms with E-state index >= 15 is 0 Å². The summed E-state index contributed by atoms with van der Waals surface area (Å²) < 4.78 is 0. The molecule has 0 aromatic carbocycles. The second-order valence-electron chi connectivity index (χ2n) is 3.78. The van der Waals surface area contributed by atoms with Gasteiger partial charge in [-0.2, -0.15) is 0 Å². The van der Waals surface area contributed by atoms with Crippen LogP contribution in [-0.4, -0.2) is 24.0 Å². The van der Waals surface area contributed by atoms with Gasteiger partial charge in [0, 0.05) is 6.04 Å². The van der Waals surface area contributed by atoms with Crippen molar-refractivity contribution in [3.8, 4) is 0 Å². The number of nitrogens with zero attached hydrogens (tertiary/aromatic N) is 1. The summed E-state index contributed by atoms with van der Waals surface area (Å²) in [6, 6.07) is 0.572. The molecule has 0 aromatic rings. The monoisotopic (exact) mass is 167 g/mol. The third-order valence-corrected chi connectivity index (χ3v) is 2.81. The van der Waals surface area contributed by atoms with Gasteiger partial charge in [0.05, 0.1) is 0 Å². The summed E-state index contributed by atoms with van der Waals surface area (Å²) in [6.07, 6.45) is 9.08. The molecule has 70 valence electrons. The summed E-state index contributed by atoms with van der Waals surface area (Å²) in [5, 5.41) is 0. The fourth-order valence-corrected chi connectivity index (χ4v) is 1.83. The summed E-state index contributed by atoms with van der Waals surface area (Å²) in [5.74, 6) is 0. The van der Waals surface area contributed by atoms with Crippen molar-refractivity contribution in [1.82, 2.24) is 4.90 Å². The third kappa shape index (κ3) is 2.98. The Kier molecular flexibility index (Phi) is 4.37. The Balaban J connectivity index is 2.33. The van der Waals surface area contributed by atoms with E-state index in [9.17, 15) is 0 Å². The molecule has 1 aliphatic rings. The van der Waals surface area contributed by atoms with Crippen molar-refractivity contribution in [1.29, 1.82) is 0 Å². The summed E-state index contributed by atoms with van der Waals surface area (Å²) in [5.41, 5.74) is 0. The first-order valence-electron chi connectivity index (χ1n) is 5.21. The van der Waals surface area contributed by atoms with Crippen LogP contribution in [-0.2, 0) is 0 Å². The van der Waals surface area contributed by atoms with Gasteiger partial charge in [-0.05, 0) is 32.9 Å². The van der Waals surface area contributed by atoms with Crippen molar-refractivity contribution in [2.24, 2.45) is 0 Å². The molecule has 0 saturated carbocycles. The Morgan fingerprint density at radius 2 is 1.58 bits per heavy atom. The Labute approximate surface area is 76.5 Å². The highest BCUT2D eigenvalue weighted by Gasteiger charge is 2.11. The number of likely N-dealkylation sites (tertiary alicyclic amines) is 1. The minimum absolute atomic E-state index is 0.572. The quantitative estimate of drug-likeness (QED) is 0.572. The standard InChI is InChI=1S/C11H21N/c1-3-11(2)12-9-7-5-4-6-8-10-12/h3,11H,1,4-10H2,2H3. The van der Waals surface area contributed by atoms with Crippen LogP contribution in [0.4, 0.5) is 0 Å². The highest BCUT2D eigenvalue weighted by atomic mass is 15.1. The van der Waals surface area contributed by atoms with E-state index in [-0.39, 0.29) is 0 Å². The summed E-state index contributed by atoms with van der Waals surface area (Å²) in [4.78, 5) is 2.55. The molecular weight excluding hydrogens is 146 g/mol. The van der Waals surface area contributed by atoms with Crippen LogP contribution in [0, 0.1) is 0 Å². The zero-order valence-electron chi connectivity index (χ0n) is 8.26. The van der Waals surface area contributed by atoms with Crippen molar-refractivity contribution < 1.29 is 0 Å². The number of hydrogen-bond acceptors (Lipinski definition) is 1. The van der Waals surface area contributed by atoms with Crippen molar-refractivity contribution >= 4 is 0 Å². The molecule has 0 spiro atoms. The van der Waals surface area contributed by atoms with Gasteiger partial charge in [-0.25, -0.2) is 0 Å². The van der Waals surface area contributed by atoms with Crippen LogP contribution in [0.3, 0.4) is 0 Å². The number of rotatable bonds is 2. The van der Waals surface area contributed by atoms with E-state index in [4.69, 9.17) is 0 Å². The van der Waals surface area contributed by atoms with Gasteiger partial charge in [-0.3, -0.25) is 4.90 Å². The van der Waals surface area contributed by atoms with E-state index in [0.29, 0.717) is 6.04 Å². The van der Waals surface area contributed by atoms with Crippen LogP contribution < -0.4 is 0 Å². The largest absolute Gasteiger partial charge is 0.297 e. The maximum absolute atomic E-state index is 3.85. The molecule has 0 aliphatic carbocycles. The molecule has 1 nitrogen and oxygen atoms in total. The molecule has 12 heavy (non-hydrogen) atoms. The molecule has 1 atom stereocenters. The van der Waals surface area contributed by atoms with Gasteiger partial charge in [0.15, 0.2) is 0 Å². The first kappa shape index (κ1) is 9.79. The molecule has 1 unspecified atom stereocenters. The topological polar surface area (TPSA) is 3.24 Å². The predicted molar refractivity (Wildman–Crippen MR) is 54.3 cm³/mol. The maximum Gasteiger partial charge on any atom is 0.0247 e. The maximum atomic E-state index is 3.85. The first-order chi connectivity index (χ1) is 5.84. The summed E-state index contributed by atoms with van der Waals surface area (Å²) in [7, 11) is 0. The molecule has 1 fully saturated rings. The average molecular weight is 167 g/mol. The normalized spacial score (nSPS) is 24.1. The van der Waals surface area contributed by atoms with Gasteiger partial charge < -0.3 is 0 Å². The van der Waals surface area contributed by atoms with Gasteiger partial charge in [0.25, 0.3) is 0 Å². The number of hydrogen-bond donors (Lipinski definition) is 0.